The highest BCUT2D eigenvalue weighted by Gasteiger charge is 2.47. The second-order valence-electron chi connectivity index (χ2n) is 15.1. The molecule has 1 aliphatic carbocycles. The summed E-state index contributed by atoms with van der Waals surface area (Å²) in [4.78, 5) is 42.1. The van der Waals surface area contributed by atoms with Gasteiger partial charge in [-0.3, -0.25) is 15.0 Å². The highest BCUT2D eigenvalue weighted by Crippen LogP contribution is 2.36. The van der Waals surface area contributed by atoms with Crippen molar-refractivity contribution in [2.24, 2.45) is 5.41 Å². The van der Waals surface area contributed by atoms with E-state index in [2.05, 4.69) is 34.3 Å². The third-order valence-electron chi connectivity index (χ3n) is 10.2. The minimum Gasteiger partial charge on any atom is -0.453 e. The molecule has 5 aromatic rings. The van der Waals surface area contributed by atoms with Gasteiger partial charge in [-0.15, -0.1) is 11.3 Å². The summed E-state index contributed by atoms with van der Waals surface area (Å²) in [5.41, 5.74) is 4.36. The number of hydrogen-bond donors (Lipinski definition) is 5. The van der Waals surface area contributed by atoms with Crippen molar-refractivity contribution >= 4 is 39.3 Å². The molecule has 6 rings (SSSR count). The Balaban J connectivity index is 1.34. The summed E-state index contributed by atoms with van der Waals surface area (Å²) in [5, 5.41) is 32.1. The van der Waals surface area contributed by atoms with Crippen LogP contribution in [0.1, 0.15) is 61.9 Å². The fourth-order valence-corrected chi connectivity index (χ4v) is 8.12. The van der Waals surface area contributed by atoms with Crippen molar-refractivity contribution in [2.75, 3.05) is 13.7 Å². The first-order chi connectivity index (χ1) is 25.8. The smallest absolute Gasteiger partial charge is 0.407 e. The summed E-state index contributed by atoms with van der Waals surface area (Å²) in [5.74, 6) is -2.00. The molecule has 1 aliphatic rings. The number of ether oxygens (including phenoxy) is 1. The van der Waals surface area contributed by atoms with Gasteiger partial charge in [-0.25, -0.2) is 9.80 Å². The molecular weight excluding hydrogens is 701 g/mol. The zero-order valence-electron chi connectivity index (χ0n) is 31.2. The first-order valence-corrected chi connectivity index (χ1v) is 18.9. The number of carbonyl (C=O) groups excluding carboxylic acids is 3. The molecule has 1 heterocycles. The number of hydrazine groups is 1. The van der Waals surface area contributed by atoms with Gasteiger partial charge >= 0.3 is 6.09 Å². The molecule has 4 aromatic carbocycles. The number of benzene rings is 4. The SMILES string of the molecule is COC(=O)N[C@H](C(=O)NN(Cc1ccc(-c2cc3ccccc3s2)cc1)C[C@](O)(C(=O)N[C@H]1c2ccccc2C[C@H]1O)[C@H](C)c1ccccc1)C(C)(C)C. The molecule has 0 saturated carbocycles. The lowest BCUT2D eigenvalue weighted by molar-refractivity contribution is -0.150. The average molecular weight is 749 g/mol. The zero-order chi connectivity index (χ0) is 38.6. The van der Waals surface area contributed by atoms with Crippen LogP contribution in [0.4, 0.5) is 4.79 Å². The lowest BCUT2D eigenvalue weighted by Gasteiger charge is -2.39. The predicted molar refractivity (Wildman–Crippen MR) is 211 cm³/mol. The van der Waals surface area contributed by atoms with Crippen molar-refractivity contribution in [1.29, 1.82) is 0 Å². The van der Waals surface area contributed by atoms with E-state index in [1.165, 1.54) is 22.2 Å². The van der Waals surface area contributed by atoms with Crippen LogP contribution in [0.2, 0.25) is 0 Å². The summed E-state index contributed by atoms with van der Waals surface area (Å²) >= 11 is 1.70. The second kappa shape index (κ2) is 16.1. The summed E-state index contributed by atoms with van der Waals surface area (Å²) < 4.78 is 6.02. The summed E-state index contributed by atoms with van der Waals surface area (Å²) in [6, 6.07) is 33.3. The first-order valence-electron chi connectivity index (χ1n) is 18.1. The molecule has 0 bridgehead atoms. The molecule has 10 nitrogen and oxygen atoms in total. The number of methoxy groups -OCH3 is 1. The Labute approximate surface area is 320 Å². The topological polar surface area (TPSA) is 140 Å². The highest BCUT2D eigenvalue weighted by molar-refractivity contribution is 7.22. The molecule has 0 spiro atoms. The van der Waals surface area contributed by atoms with E-state index in [1.54, 1.807) is 18.3 Å². The summed E-state index contributed by atoms with van der Waals surface area (Å²) in [6.45, 7) is 6.99. The normalized spacial score (nSPS) is 17.6. The fourth-order valence-electron chi connectivity index (χ4n) is 7.05. The van der Waals surface area contributed by atoms with Gasteiger partial charge in [-0.05, 0) is 50.8 Å². The minimum absolute atomic E-state index is 0.111. The van der Waals surface area contributed by atoms with E-state index in [0.29, 0.717) is 12.0 Å². The van der Waals surface area contributed by atoms with Crippen molar-refractivity contribution in [3.05, 3.63) is 131 Å². The van der Waals surface area contributed by atoms with Crippen LogP contribution in [0, 0.1) is 5.41 Å². The third-order valence-corrected chi connectivity index (χ3v) is 11.4. The lowest BCUT2D eigenvalue weighted by atomic mass is 9.81. The third kappa shape index (κ3) is 8.50. The van der Waals surface area contributed by atoms with Crippen molar-refractivity contribution in [1.82, 2.24) is 21.1 Å². The zero-order valence-corrected chi connectivity index (χ0v) is 32.0. The molecule has 0 unspecified atom stereocenters. The minimum atomic E-state index is -2.12. The van der Waals surface area contributed by atoms with E-state index < -0.39 is 53.0 Å². The van der Waals surface area contributed by atoms with E-state index in [1.807, 2.05) is 112 Å². The molecular formula is C43H48N4O6S. The molecule has 0 aliphatic heterocycles. The number of hydrogen-bond acceptors (Lipinski definition) is 8. The molecule has 5 N–H and O–H groups in total. The number of fused-ring (bicyclic) bond motifs is 2. The van der Waals surface area contributed by atoms with Gasteiger partial charge in [0.25, 0.3) is 11.8 Å². The Morgan fingerprint density at radius 1 is 0.926 bits per heavy atom. The average Bonchev–Trinajstić information content (AvgIpc) is 3.73. The van der Waals surface area contributed by atoms with E-state index in [-0.39, 0.29) is 13.1 Å². The van der Waals surface area contributed by atoms with Crippen LogP contribution < -0.4 is 16.1 Å². The second-order valence-corrected chi connectivity index (χ2v) is 16.2. The van der Waals surface area contributed by atoms with E-state index in [9.17, 15) is 24.6 Å². The maximum atomic E-state index is 14.5. The number of amides is 3. The van der Waals surface area contributed by atoms with Gasteiger partial charge in [0.05, 0.1) is 25.8 Å². The number of nitrogens with one attached hydrogen (secondary N) is 3. The van der Waals surface area contributed by atoms with Crippen LogP contribution in [0.25, 0.3) is 20.5 Å². The van der Waals surface area contributed by atoms with Crippen molar-refractivity contribution in [2.45, 2.75) is 70.4 Å². The molecule has 0 radical (unpaired) electrons. The van der Waals surface area contributed by atoms with Gasteiger partial charge in [0.2, 0.25) is 0 Å². The van der Waals surface area contributed by atoms with Gasteiger partial charge < -0.3 is 25.6 Å². The van der Waals surface area contributed by atoms with E-state index in [0.717, 1.165) is 27.1 Å². The molecule has 282 valence electrons. The van der Waals surface area contributed by atoms with Crippen LogP contribution in [0.3, 0.4) is 0 Å². The van der Waals surface area contributed by atoms with Gasteiger partial charge in [-0.2, -0.15) is 0 Å². The molecule has 0 fully saturated rings. The van der Waals surface area contributed by atoms with Gasteiger partial charge in [0.1, 0.15) is 6.04 Å². The summed E-state index contributed by atoms with van der Waals surface area (Å²) in [6.07, 6.45) is -1.28. The van der Waals surface area contributed by atoms with Crippen LogP contribution >= 0.6 is 11.3 Å². The number of aliphatic hydroxyl groups excluding tert-OH is 1. The number of aliphatic hydroxyl groups is 2. The molecule has 0 saturated heterocycles. The Kier molecular flexibility index (Phi) is 11.5. The van der Waals surface area contributed by atoms with Gasteiger partial charge in [0, 0.05) is 28.5 Å². The van der Waals surface area contributed by atoms with Crippen molar-refractivity contribution in [3.63, 3.8) is 0 Å². The molecule has 3 amide bonds. The summed E-state index contributed by atoms with van der Waals surface area (Å²) in [7, 11) is 1.23. The monoisotopic (exact) mass is 748 g/mol. The lowest BCUT2D eigenvalue weighted by Crippen LogP contribution is -2.63. The van der Waals surface area contributed by atoms with Crippen molar-refractivity contribution in [3.8, 4) is 10.4 Å². The number of thiophene rings is 1. The Morgan fingerprint density at radius 2 is 1.59 bits per heavy atom. The molecule has 5 atom stereocenters. The van der Waals surface area contributed by atoms with Crippen molar-refractivity contribution < 1.29 is 29.3 Å². The Morgan fingerprint density at radius 3 is 2.28 bits per heavy atom. The van der Waals surface area contributed by atoms with Crippen LogP contribution in [-0.2, 0) is 27.3 Å². The van der Waals surface area contributed by atoms with Crippen LogP contribution in [0.5, 0.6) is 0 Å². The van der Waals surface area contributed by atoms with Crippen LogP contribution in [-0.4, -0.2) is 64.5 Å². The maximum Gasteiger partial charge on any atom is 0.407 e. The molecule has 11 heteroatoms. The number of rotatable bonds is 12. The maximum absolute atomic E-state index is 14.5. The quantitative estimate of drug-likeness (QED) is 0.0921. The predicted octanol–water partition coefficient (Wildman–Crippen LogP) is 6.48. The van der Waals surface area contributed by atoms with Gasteiger partial charge in [0.15, 0.2) is 5.60 Å². The number of nitrogens with zero attached hydrogens (tertiary/aromatic N) is 1. The van der Waals surface area contributed by atoms with Crippen LogP contribution in [0.15, 0.2) is 109 Å². The van der Waals surface area contributed by atoms with Gasteiger partial charge in [-0.1, -0.05) is 125 Å². The first kappa shape index (κ1) is 38.6. The van der Waals surface area contributed by atoms with E-state index >= 15 is 0 Å². The molecule has 54 heavy (non-hydrogen) atoms. The number of alkyl carbamates (subject to hydrolysis) is 1. The fraction of sp³-hybridized carbons (Fsp3) is 0.326. The number of carbonyl (C=O) groups is 3. The standard InChI is InChI=1S/C43H48N4O6S/c1-27(29-13-7-6-8-14-29)43(52,40(50)44-37-33-17-11-9-15-31(33)23-34(37)48)26-47(46-39(49)38(42(2,3)4)45-41(51)53-5)25-28-19-21-30(22-20-28)36-24-32-16-10-12-18-35(32)54-36/h6-22,24,27,34,37-38,48,52H,23,25-26H2,1-5H3,(H,44,50)(H,45,51)(H,46,49)/t27-,34-,37+,38-,43-/m1/s1. The Bertz CT molecular complexity index is 2060. The molecule has 1 aromatic heterocycles. The highest BCUT2D eigenvalue weighted by atomic mass is 32.1. The largest absolute Gasteiger partial charge is 0.453 e. The van der Waals surface area contributed by atoms with E-state index in [4.69, 9.17) is 4.74 Å². The Hall–Kier alpha value is -5.07.